The minimum atomic E-state index is 0.116. The molecule has 4 rings (SSSR count). The van der Waals surface area contributed by atoms with Crippen LogP contribution in [0.15, 0.2) is 36.7 Å². The third kappa shape index (κ3) is 2.76. The molecule has 0 unspecified atom stereocenters. The summed E-state index contributed by atoms with van der Waals surface area (Å²) in [5, 5.41) is 5.00. The van der Waals surface area contributed by atoms with Crippen LogP contribution in [0.2, 0.25) is 5.02 Å². The molecule has 2 fully saturated rings. The molecule has 0 radical (unpaired) electrons. The monoisotopic (exact) mass is 329 g/mol. The maximum Gasteiger partial charge on any atom is 0.226 e. The zero-order valence-corrected chi connectivity index (χ0v) is 13.9. The Morgan fingerprint density at radius 1 is 1.35 bits per heavy atom. The smallest absolute Gasteiger partial charge is 0.226 e. The molecule has 2 heterocycles. The van der Waals surface area contributed by atoms with E-state index in [0.717, 1.165) is 36.4 Å². The Balaban J connectivity index is 1.49. The quantitative estimate of drug-likeness (QED) is 0.863. The molecule has 2 aromatic rings. The first kappa shape index (κ1) is 14.8. The van der Waals surface area contributed by atoms with Crippen molar-refractivity contribution in [1.29, 1.82) is 0 Å². The largest absolute Gasteiger partial charge is 0.335 e. The number of likely N-dealkylation sites (tertiary alicyclic amines) is 1. The van der Waals surface area contributed by atoms with E-state index in [1.807, 2.05) is 42.3 Å². The molecule has 1 saturated heterocycles. The van der Waals surface area contributed by atoms with Crippen LogP contribution in [0.3, 0.4) is 0 Å². The standard InChI is InChI=1S/C18H20ClN3O/c1-21-11-13(10-20-21)17-6-3-7-22(17)18(23)16-9-15(16)12-4-2-5-14(19)8-12/h2,4-5,8,10-11,15-17H,3,6-7,9H2,1H3/t15-,16-,17+/m1/s1. The van der Waals surface area contributed by atoms with Crippen LogP contribution in [0.4, 0.5) is 0 Å². The van der Waals surface area contributed by atoms with Crippen molar-refractivity contribution in [3.05, 3.63) is 52.8 Å². The van der Waals surface area contributed by atoms with Crippen molar-refractivity contribution in [2.45, 2.75) is 31.2 Å². The van der Waals surface area contributed by atoms with Crippen molar-refractivity contribution in [2.24, 2.45) is 13.0 Å². The number of nitrogens with zero attached hydrogens (tertiary/aromatic N) is 3. The zero-order chi connectivity index (χ0) is 16.0. The van der Waals surface area contributed by atoms with Crippen molar-refractivity contribution in [1.82, 2.24) is 14.7 Å². The Kier molecular flexibility index (Phi) is 3.64. The molecule has 1 amide bonds. The number of hydrogen-bond acceptors (Lipinski definition) is 2. The molecule has 2 aliphatic rings. The van der Waals surface area contributed by atoms with Gasteiger partial charge >= 0.3 is 0 Å². The van der Waals surface area contributed by atoms with E-state index >= 15 is 0 Å². The second kappa shape index (κ2) is 5.68. The molecule has 0 N–H and O–H groups in total. The average molecular weight is 330 g/mol. The van der Waals surface area contributed by atoms with Crippen LogP contribution in [0.1, 0.15) is 42.3 Å². The number of amides is 1. The number of carbonyl (C=O) groups is 1. The summed E-state index contributed by atoms with van der Waals surface area (Å²) >= 11 is 6.07. The minimum Gasteiger partial charge on any atom is -0.335 e. The lowest BCUT2D eigenvalue weighted by Crippen LogP contribution is -2.32. The zero-order valence-electron chi connectivity index (χ0n) is 13.2. The normalized spacial score (nSPS) is 26.5. The van der Waals surface area contributed by atoms with Crippen LogP contribution in [-0.4, -0.2) is 27.1 Å². The van der Waals surface area contributed by atoms with E-state index in [-0.39, 0.29) is 12.0 Å². The van der Waals surface area contributed by atoms with Gasteiger partial charge in [-0.2, -0.15) is 5.10 Å². The Bertz CT molecular complexity index is 741. The maximum absolute atomic E-state index is 12.9. The molecular formula is C18H20ClN3O. The first-order valence-electron chi connectivity index (χ1n) is 8.18. The van der Waals surface area contributed by atoms with Crippen LogP contribution in [-0.2, 0) is 11.8 Å². The molecule has 0 bridgehead atoms. The Hall–Kier alpha value is -1.81. The predicted molar refractivity (Wildman–Crippen MR) is 89.2 cm³/mol. The van der Waals surface area contributed by atoms with E-state index in [9.17, 15) is 4.79 Å². The van der Waals surface area contributed by atoms with Gasteiger partial charge in [0.1, 0.15) is 0 Å². The van der Waals surface area contributed by atoms with Crippen molar-refractivity contribution in [3.63, 3.8) is 0 Å². The van der Waals surface area contributed by atoms with Gasteiger partial charge in [0.05, 0.1) is 12.2 Å². The summed E-state index contributed by atoms with van der Waals surface area (Å²) in [6.07, 6.45) is 6.95. The van der Waals surface area contributed by atoms with Crippen LogP contribution in [0, 0.1) is 5.92 Å². The van der Waals surface area contributed by atoms with E-state index in [1.54, 1.807) is 0 Å². The van der Waals surface area contributed by atoms with E-state index in [4.69, 9.17) is 11.6 Å². The third-order valence-electron chi connectivity index (χ3n) is 5.03. The molecular weight excluding hydrogens is 310 g/mol. The Labute approximate surface area is 141 Å². The van der Waals surface area contributed by atoms with E-state index in [0.29, 0.717) is 11.8 Å². The molecule has 3 atom stereocenters. The lowest BCUT2D eigenvalue weighted by molar-refractivity contribution is -0.133. The highest BCUT2D eigenvalue weighted by Crippen LogP contribution is 2.50. The third-order valence-corrected chi connectivity index (χ3v) is 5.27. The first-order valence-corrected chi connectivity index (χ1v) is 8.56. The SMILES string of the molecule is Cn1cc([C@@H]2CCCN2C(=O)[C@@H]2C[C@@H]2c2cccc(Cl)c2)cn1. The lowest BCUT2D eigenvalue weighted by Gasteiger charge is -2.24. The predicted octanol–water partition coefficient (Wildman–Crippen LogP) is 3.54. The highest BCUT2D eigenvalue weighted by atomic mass is 35.5. The summed E-state index contributed by atoms with van der Waals surface area (Å²) in [7, 11) is 1.92. The highest BCUT2D eigenvalue weighted by Gasteiger charge is 2.47. The van der Waals surface area contributed by atoms with E-state index in [1.165, 1.54) is 5.56 Å². The topological polar surface area (TPSA) is 38.1 Å². The Morgan fingerprint density at radius 3 is 2.96 bits per heavy atom. The molecule has 1 aromatic carbocycles. The summed E-state index contributed by atoms with van der Waals surface area (Å²) in [5.74, 6) is 0.739. The molecule has 1 aliphatic carbocycles. The summed E-state index contributed by atoms with van der Waals surface area (Å²) < 4.78 is 1.81. The molecule has 23 heavy (non-hydrogen) atoms. The summed E-state index contributed by atoms with van der Waals surface area (Å²) in [6.45, 7) is 0.858. The molecule has 0 spiro atoms. The summed E-state index contributed by atoms with van der Waals surface area (Å²) in [5.41, 5.74) is 2.34. The van der Waals surface area contributed by atoms with Gasteiger partial charge in [-0.1, -0.05) is 23.7 Å². The lowest BCUT2D eigenvalue weighted by atomic mass is 10.1. The van der Waals surface area contributed by atoms with Gasteiger partial charge in [-0.05, 0) is 42.9 Å². The number of hydrogen-bond donors (Lipinski definition) is 0. The van der Waals surface area contributed by atoms with Crippen molar-refractivity contribution in [2.75, 3.05) is 6.54 Å². The summed E-state index contributed by atoms with van der Waals surface area (Å²) in [4.78, 5) is 15.0. The highest BCUT2D eigenvalue weighted by molar-refractivity contribution is 6.30. The van der Waals surface area contributed by atoms with Gasteiger partial charge in [-0.15, -0.1) is 0 Å². The van der Waals surface area contributed by atoms with Gasteiger partial charge < -0.3 is 4.90 Å². The number of aryl methyl sites for hydroxylation is 1. The first-order chi connectivity index (χ1) is 11.1. The number of benzene rings is 1. The fraction of sp³-hybridized carbons (Fsp3) is 0.444. The van der Waals surface area contributed by atoms with Gasteiger partial charge in [0, 0.05) is 36.3 Å². The van der Waals surface area contributed by atoms with Crippen molar-refractivity contribution in [3.8, 4) is 0 Å². The fourth-order valence-corrected chi connectivity index (χ4v) is 3.97. The molecule has 1 aromatic heterocycles. The Morgan fingerprint density at radius 2 is 2.22 bits per heavy atom. The molecule has 1 aliphatic heterocycles. The van der Waals surface area contributed by atoms with Crippen molar-refractivity contribution < 1.29 is 4.79 Å². The van der Waals surface area contributed by atoms with Crippen LogP contribution in [0.5, 0.6) is 0 Å². The fourth-order valence-electron chi connectivity index (χ4n) is 3.78. The second-order valence-electron chi connectivity index (χ2n) is 6.64. The second-order valence-corrected chi connectivity index (χ2v) is 7.08. The average Bonchev–Trinajstić information content (AvgIpc) is 2.97. The van der Waals surface area contributed by atoms with E-state index in [2.05, 4.69) is 16.1 Å². The number of carbonyl (C=O) groups excluding carboxylic acids is 1. The number of rotatable bonds is 3. The van der Waals surface area contributed by atoms with Crippen LogP contribution < -0.4 is 0 Å². The summed E-state index contributed by atoms with van der Waals surface area (Å²) in [6, 6.07) is 8.10. The van der Waals surface area contributed by atoms with Crippen LogP contribution >= 0.6 is 11.6 Å². The molecule has 120 valence electrons. The van der Waals surface area contributed by atoms with Gasteiger partial charge in [-0.25, -0.2) is 0 Å². The minimum absolute atomic E-state index is 0.116. The molecule has 5 heteroatoms. The van der Waals surface area contributed by atoms with Gasteiger partial charge in [-0.3, -0.25) is 9.48 Å². The van der Waals surface area contributed by atoms with Crippen molar-refractivity contribution >= 4 is 17.5 Å². The number of halogens is 1. The maximum atomic E-state index is 12.9. The van der Waals surface area contributed by atoms with E-state index < -0.39 is 0 Å². The van der Waals surface area contributed by atoms with Gasteiger partial charge in [0.25, 0.3) is 0 Å². The molecule has 1 saturated carbocycles. The molecule has 4 nitrogen and oxygen atoms in total. The van der Waals surface area contributed by atoms with Crippen LogP contribution in [0.25, 0.3) is 0 Å². The number of aromatic nitrogens is 2. The van der Waals surface area contributed by atoms with Gasteiger partial charge in [0.2, 0.25) is 5.91 Å². The van der Waals surface area contributed by atoms with Gasteiger partial charge in [0.15, 0.2) is 0 Å².